The minimum Gasteiger partial charge on any atom is -0.465 e. The van der Waals surface area contributed by atoms with Gasteiger partial charge >= 0.3 is 5.97 Å². The summed E-state index contributed by atoms with van der Waals surface area (Å²) >= 11 is 0. The van der Waals surface area contributed by atoms with Crippen LogP contribution in [0.25, 0.3) is 0 Å². The second kappa shape index (κ2) is 6.55. The summed E-state index contributed by atoms with van der Waals surface area (Å²) in [6, 6.07) is 8.07. The summed E-state index contributed by atoms with van der Waals surface area (Å²) in [7, 11) is 0. The van der Waals surface area contributed by atoms with Crippen molar-refractivity contribution in [2.75, 3.05) is 6.61 Å². The number of unbranched alkanes of at least 4 members (excludes halogenated alkanes) is 2. The van der Waals surface area contributed by atoms with Gasteiger partial charge in [-0.15, -0.1) is 0 Å². The Morgan fingerprint density at radius 3 is 2.89 bits per heavy atom. The minimum atomic E-state index is -0.179. The normalized spacial score (nSPS) is 18.2. The Balaban J connectivity index is 1.83. The molecule has 0 aliphatic carbocycles. The van der Waals surface area contributed by atoms with Gasteiger partial charge in [0.05, 0.1) is 6.61 Å². The molecule has 0 radical (unpaired) electrons. The molecule has 0 saturated heterocycles. The van der Waals surface area contributed by atoms with Crippen molar-refractivity contribution in [2.45, 2.75) is 45.2 Å². The van der Waals surface area contributed by atoms with Crippen LogP contribution in [0.15, 0.2) is 24.3 Å². The molecule has 1 aromatic rings. The first-order chi connectivity index (χ1) is 8.81. The number of hydrogen-bond acceptors (Lipinski definition) is 3. The summed E-state index contributed by atoms with van der Waals surface area (Å²) in [6.45, 7) is 3.44. The lowest BCUT2D eigenvalue weighted by atomic mass is 9.96. The molecule has 18 heavy (non-hydrogen) atoms. The summed E-state index contributed by atoms with van der Waals surface area (Å²) in [6.07, 6.45) is 3.97. The number of rotatable bonds is 5. The van der Waals surface area contributed by atoms with Gasteiger partial charge in [-0.2, -0.15) is 0 Å². The molecule has 1 atom stereocenters. The monoisotopic (exact) mass is 247 g/mol. The van der Waals surface area contributed by atoms with E-state index >= 15 is 0 Å². The van der Waals surface area contributed by atoms with E-state index in [2.05, 4.69) is 24.4 Å². The van der Waals surface area contributed by atoms with Crippen molar-refractivity contribution >= 4 is 5.97 Å². The van der Waals surface area contributed by atoms with Crippen LogP contribution in [0.3, 0.4) is 0 Å². The standard InChI is InChI=1S/C15H21NO2/c1-2-3-6-9-18-15(17)14-10-12-7-4-5-8-13(12)11-16-14/h4-5,7-8,14,16H,2-3,6,9-11H2,1H3/t14-/m1/s1. The van der Waals surface area contributed by atoms with Gasteiger partial charge in [-0.25, -0.2) is 0 Å². The summed E-state index contributed by atoms with van der Waals surface area (Å²) in [5.41, 5.74) is 2.54. The second-order valence-corrected chi connectivity index (χ2v) is 4.78. The first-order valence-electron chi connectivity index (χ1n) is 6.78. The molecule has 0 aromatic heterocycles. The highest BCUT2D eigenvalue weighted by Crippen LogP contribution is 2.16. The summed E-state index contributed by atoms with van der Waals surface area (Å²) in [5, 5.41) is 3.24. The maximum atomic E-state index is 11.9. The van der Waals surface area contributed by atoms with Crippen molar-refractivity contribution in [1.82, 2.24) is 5.32 Å². The molecular weight excluding hydrogens is 226 g/mol. The van der Waals surface area contributed by atoms with Gasteiger partial charge in [0, 0.05) is 6.54 Å². The van der Waals surface area contributed by atoms with Gasteiger partial charge in [0.1, 0.15) is 6.04 Å². The number of fused-ring (bicyclic) bond motifs is 1. The lowest BCUT2D eigenvalue weighted by Crippen LogP contribution is -2.42. The predicted molar refractivity (Wildman–Crippen MR) is 71.3 cm³/mol. The molecule has 0 spiro atoms. The van der Waals surface area contributed by atoms with E-state index in [1.54, 1.807) is 0 Å². The van der Waals surface area contributed by atoms with Crippen LogP contribution in [0.5, 0.6) is 0 Å². The number of carbonyl (C=O) groups is 1. The fourth-order valence-electron chi connectivity index (χ4n) is 2.25. The number of nitrogens with one attached hydrogen (secondary N) is 1. The molecule has 1 heterocycles. The Morgan fingerprint density at radius 1 is 1.33 bits per heavy atom. The maximum Gasteiger partial charge on any atom is 0.323 e. The van der Waals surface area contributed by atoms with Gasteiger partial charge in [0.15, 0.2) is 0 Å². The van der Waals surface area contributed by atoms with Crippen LogP contribution in [0.2, 0.25) is 0 Å². The Labute approximate surface area is 109 Å². The Hall–Kier alpha value is -1.35. The van der Waals surface area contributed by atoms with Gasteiger partial charge in [0.2, 0.25) is 0 Å². The number of hydrogen-bond donors (Lipinski definition) is 1. The smallest absolute Gasteiger partial charge is 0.323 e. The third-order valence-electron chi connectivity index (χ3n) is 3.36. The zero-order valence-electron chi connectivity index (χ0n) is 10.9. The van der Waals surface area contributed by atoms with E-state index < -0.39 is 0 Å². The predicted octanol–water partition coefficient (Wildman–Crippen LogP) is 2.43. The zero-order chi connectivity index (χ0) is 12.8. The molecule has 0 saturated carbocycles. The summed E-state index contributed by atoms with van der Waals surface area (Å²) in [5.74, 6) is -0.111. The highest BCUT2D eigenvalue weighted by molar-refractivity contribution is 5.76. The molecule has 1 N–H and O–H groups in total. The molecule has 0 amide bonds. The van der Waals surface area contributed by atoms with Gasteiger partial charge in [0.25, 0.3) is 0 Å². The van der Waals surface area contributed by atoms with Gasteiger partial charge < -0.3 is 10.1 Å². The largest absolute Gasteiger partial charge is 0.465 e. The summed E-state index contributed by atoms with van der Waals surface area (Å²) < 4.78 is 5.30. The van der Waals surface area contributed by atoms with Crippen LogP contribution in [0.1, 0.15) is 37.3 Å². The Bertz CT molecular complexity index is 403. The first kappa shape index (κ1) is 13.1. The van der Waals surface area contributed by atoms with E-state index in [-0.39, 0.29) is 12.0 Å². The van der Waals surface area contributed by atoms with Crippen LogP contribution in [-0.4, -0.2) is 18.6 Å². The number of carbonyl (C=O) groups excluding carboxylic acids is 1. The van der Waals surface area contributed by atoms with Crippen molar-refractivity contribution in [3.8, 4) is 0 Å². The van der Waals surface area contributed by atoms with E-state index in [9.17, 15) is 4.79 Å². The van der Waals surface area contributed by atoms with Gasteiger partial charge in [-0.3, -0.25) is 4.79 Å². The van der Waals surface area contributed by atoms with Crippen molar-refractivity contribution in [3.63, 3.8) is 0 Å². The molecule has 98 valence electrons. The molecule has 3 heteroatoms. The highest BCUT2D eigenvalue weighted by Gasteiger charge is 2.24. The molecule has 1 aliphatic rings. The number of esters is 1. The van der Waals surface area contributed by atoms with Crippen molar-refractivity contribution < 1.29 is 9.53 Å². The van der Waals surface area contributed by atoms with E-state index in [1.807, 2.05) is 12.1 Å². The quantitative estimate of drug-likeness (QED) is 0.641. The van der Waals surface area contributed by atoms with Crippen LogP contribution >= 0.6 is 0 Å². The summed E-state index contributed by atoms with van der Waals surface area (Å²) in [4.78, 5) is 11.9. The fraction of sp³-hybridized carbons (Fsp3) is 0.533. The average molecular weight is 247 g/mol. The Morgan fingerprint density at radius 2 is 2.11 bits per heavy atom. The third kappa shape index (κ3) is 3.33. The lowest BCUT2D eigenvalue weighted by molar-refractivity contribution is -0.146. The third-order valence-corrected chi connectivity index (χ3v) is 3.36. The SMILES string of the molecule is CCCCCOC(=O)[C@H]1Cc2ccccc2CN1. The molecule has 2 rings (SSSR count). The fourth-order valence-corrected chi connectivity index (χ4v) is 2.25. The van der Waals surface area contributed by atoms with E-state index in [0.29, 0.717) is 6.61 Å². The van der Waals surface area contributed by atoms with Crippen LogP contribution < -0.4 is 5.32 Å². The first-order valence-corrected chi connectivity index (χ1v) is 6.78. The van der Waals surface area contributed by atoms with Crippen LogP contribution in [0, 0.1) is 0 Å². The van der Waals surface area contributed by atoms with Crippen LogP contribution in [-0.2, 0) is 22.5 Å². The molecule has 0 unspecified atom stereocenters. The molecule has 3 nitrogen and oxygen atoms in total. The topological polar surface area (TPSA) is 38.3 Å². The number of ether oxygens (including phenoxy) is 1. The minimum absolute atomic E-state index is 0.111. The molecule has 1 aliphatic heterocycles. The molecule has 0 bridgehead atoms. The van der Waals surface area contributed by atoms with E-state index in [4.69, 9.17) is 4.74 Å². The van der Waals surface area contributed by atoms with Gasteiger partial charge in [-0.05, 0) is 24.0 Å². The zero-order valence-corrected chi connectivity index (χ0v) is 10.9. The van der Waals surface area contributed by atoms with Crippen LogP contribution in [0.4, 0.5) is 0 Å². The second-order valence-electron chi connectivity index (χ2n) is 4.78. The number of benzene rings is 1. The lowest BCUT2D eigenvalue weighted by Gasteiger charge is -2.24. The van der Waals surface area contributed by atoms with E-state index in [1.165, 1.54) is 11.1 Å². The van der Waals surface area contributed by atoms with E-state index in [0.717, 1.165) is 32.2 Å². The van der Waals surface area contributed by atoms with Crippen molar-refractivity contribution in [1.29, 1.82) is 0 Å². The molecule has 0 fully saturated rings. The van der Waals surface area contributed by atoms with Crippen molar-refractivity contribution in [2.24, 2.45) is 0 Å². The highest BCUT2D eigenvalue weighted by atomic mass is 16.5. The average Bonchev–Trinajstić information content (AvgIpc) is 2.43. The molecule has 1 aromatic carbocycles. The van der Waals surface area contributed by atoms with Crippen molar-refractivity contribution in [3.05, 3.63) is 35.4 Å². The van der Waals surface area contributed by atoms with Gasteiger partial charge in [-0.1, -0.05) is 44.0 Å². The Kier molecular flexibility index (Phi) is 4.76. The maximum absolute atomic E-state index is 11.9. The molecular formula is C15H21NO2.